The molecule has 2 unspecified atom stereocenters. The van der Waals surface area contributed by atoms with E-state index in [2.05, 4.69) is 25.7 Å². The average molecular weight is 302 g/mol. The quantitative estimate of drug-likeness (QED) is 0.826. The minimum Gasteiger partial charge on any atom is -0.391 e. The van der Waals surface area contributed by atoms with Gasteiger partial charge in [-0.3, -0.25) is 4.90 Å². The first-order valence-electron chi connectivity index (χ1n) is 7.26. The Balaban J connectivity index is 2.97. The summed E-state index contributed by atoms with van der Waals surface area (Å²) >= 11 is 5.80. The first-order valence-corrected chi connectivity index (χ1v) is 7.64. The van der Waals surface area contributed by atoms with Crippen LogP contribution in [0.15, 0.2) is 18.2 Å². The molecule has 2 atom stereocenters. The first kappa shape index (κ1) is 17.4. The van der Waals surface area contributed by atoms with Gasteiger partial charge >= 0.3 is 0 Å². The Bertz CT molecular complexity index is 436. The maximum Gasteiger partial charge on any atom is 0.145 e. The summed E-state index contributed by atoms with van der Waals surface area (Å²) in [7, 11) is 0. The molecule has 20 heavy (non-hydrogen) atoms. The van der Waals surface area contributed by atoms with Crippen LogP contribution in [0, 0.1) is 5.82 Å². The van der Waals surface area contributed by atoms with Crippen molar-refractivity contribution in [2.75, 3.05) is 13.1 Å². The normalized spacial score (nSPS) is 16.2. The lowest BCUT2D eigenvalue weighted by Crippen LogP contribution is -2.55. The van der Waals surface area contributed by atoms with Crippen LogP contribution in [0.5, 0.6) is 0 Å². The molecule has 1 N–H and O–H groups in total. The predicted octanol–water partition coefficient (Wildman–Crippen LogP) is 3.89. The molecule has 2 nitrogen and oxygen atoms in total. The van der Waals surface area contributed by atoms with Gasteiger partial charge in [0.25, 0.3) is 0 Å². The van der Waals surface area contributed by atoms with Crippen LogP contribution in [0.3, 0.4) is 0 Å². The number of aliphatic hydroxyl groups excluding tert-OH is 1. The van der Waals surface area contributed by atoms with E-state index in [1.807, 2.05) is 6.92 Å². The zero-order chi connectivity index (χ0) is 15.3. The molecule has 0 radical (unpaired) electrons. The molecule has 0 bridgehead atoms. The highest BCUT2D eigenvalue weighted by molar-refractivity contribution is 6.30. The first-order chi connectivity index (χ1) is 9.40. The fraction of sp³-hybridized carbons (Fsp3) is 0.625. The van der Waals surface area contributed by atoms with Crippen LogP contribution in [0.25, 0.3) is 0 Å². The average Bonchev–Trinajstić information content (AvgIpc) is 2.44. The van der Waals surface area contributed by atoms with E-state index in [1.165, 1.54) is 6.07 Å². The summed E-state index contributed by atoms with van der Waals surface area (Å²) in [6.45, 7) is 9.95. The molecular formula is C16H25ClFNO. The van der Waals surface area contributed by atoms with Crippen molar-refractivity contribution in [1.29, 1.82) is 0 Å². The lowest BCUT2D eigenvalue weighted by Gasteiger charge is -2.43. The van der Waals surface area contributed by atoms with E-state index >= 15 is 0 Å². The van der Waals surface area contributed by atoms with E-state index in [0.29, 0.717) is 5.56 Å². The van der Waals surface area contributed by atoms with E-state index in [0.717, 1.165) is 19.5 Å². The second-order valence-corrected chi connectivity index (χ2v) is 5.72. The molecule has 0 fully saturated rings. The summed E-state index contributed by atoms with van der Waals surface area (Å²) in [5, 5.41) is 10.7. The third-order valence-corrected chi connectivity index (χ3v) is 4.66. The van der Waals surface area contributed by atoms with E-state index < -0.39 is 11.9 Å². The van der Waals surface area contributed by atoms with Gasteiger partial charge in [-0.05, 0) is 38.1 Å². The fourth-order valence-corrected chi connectivity index (χ4v) is 2.94. The van der Waals surface area contributed by atoms with Gasteiger partial charge in [-0.25, -0.2) is 4.39 Å². The van der Waals surface area contributed by atoms with Gasteiger partial charge in [0.2, 0.25) is 0 Å². The number of hydrogen-bond donors (Lipinski definition) is 1. The summed E-state index contributed by atoms with van der Waals surface area (Å²) in [5.74, 6) is -0.425. The van der Waals surface area contributed by atoms with Crippen molar-refractivity contribution in [3.63, 3.8) is 0 Å². The molecule has 0 saturated carbocycles. The number of likely N-dealkylation sites (N-methyl/N-ethyl adjacent to an activating group) is 1. The lowest BCUT2D eigenvalue weighted by molar-refractivity contribution is -0.0193. The standard InChI is InChI=1S/C16H25ClFNO/c1-5-16(4,19(6-2)7-3)14(20)11-12-9-8-10-13(17)15(12)18/h8-10,14,20H,5-7,11H2,1-4H3. The Morgan fingerprint density at radius 1 is 1.30 bits per heavy atom. The summed E-state index contributed by atoms with van der Waals surface area (Å²) in [6.07, 6.45) is 0.436. The smallest absolute Gasteiger partial charge is 0.145 e. The molecule has 0 heterocycles. The van der Waals surface area contributed by atoms with E-state index in [1.54, 1.807) is 12.1 Å². The van der Waals surface area contributed by atoms with Crippen LogP contribution >= 0.6 is 11.6 Å². The van der Waals surface area contributed by atoms with Gasteiger partial charge < -0.3 is 5.11 Å². The summed E-state index contributed by atoms with van der Waals surface area (Å²) in [5.41, 5.74) is 0.106. The van der Waals surface area contributed by atoms with Crippen LogP contribution in [0.2, 0.25) is 5.02 Å². The summed E-state index contributed by atoms with van der Waals surface area (Å²) in [6, 6.07) is 4.92. The monoisotopic (exact) mass is 301 g/mol. The molecule has 0 amide bonds. The SMILES string of the molecule is CCN(CC)C(C)(CC)C(O)Cc1cccc(Cl)c1F. The molecule has 1 rings (SSSR count). The molecule has 1 aromatic carbocycles. The maximum atomic E-state index is 14.0. The Morgan fingerprint density at radius 3 is 2.40 bits per heavy atom. The summed E-state index contributed by atoms with van der Waals surface area (Å²) < 4.78 is 14.0. The van der Waals surface area contributed by atoms with Crippen molar-refractivity contribution in [3.05, 3.63) is 34.6 Å². The minimum absolute atomic E-state index is 0.107. The third-order valence-electron chi connectivity index (χ3n) is 4.36. The Kier molecular flexibility index (Phi) is 6.44. The Morgan fingerprint density at radius 2 is 1.90 bits per heavy atom. The van der Waals surface area contributed by atoms with Crippen LogP contribution in [-0.2, 0) is 6.42 Å². The van der Waals surface area contributed by atoms with Crippen molar-refractivity contribution < 1.29 is 9.50 Å². The van der Waals surface area contributed by atoms with Crippen LogP contribution in [0.1, 0.15) is 39.7 Å². The molecule has 0 aliphatic rings. The van der Waals surface area contributed by atoms with Gasteiger partial charge in [0, 0.05) is 12.0 Å². The van der Waals surface area contributed by atoms with Crippen LogP contribution < -0.4 is 0 Å². The Hall–Kier alpha value is -0.640. The van der Waals surface area contributed by atoms with Gasteiger partial charge in [-0.1, -0.05) is 44.5 Å². The van der Waals surface area contributed by atoms with Gasteiger partial charge in [0.05, 0.1) is 11.1 Å². The van der Waals surface area contributed by atoms with Gasteiger partial charge in [-0.2, -0.15) is 0 Å². The molecule has 0 aromatic heterocycles. The van der Waals surface area contributed by atoms with Crippen molar-refractivity contribution >= 4 is 11.6 Å². The van der Waals surface area contributed by atoms with Gasteiger partial charge in [-0.15, -0.1) is 0 Å². The van der Waals surface area contributed by atoms with Gasteiger partial charge in [0.15, 0.2) is 0 Å². The minimum atomic E-state index is -0.639. The molecule has 1 aromatic rings. The second-order valence-electron chi connectivity index (χ2n) is 5.32. The third kappa shape index (κ3) is 3.51. The van der Waals surface area contributed by atoms with Crippen molar-refractivity contribution in [2.24, 2.45) is 0 Å². The lowest BCUT2D eigenvalue weighted by atomic mass is 9.85. The van der Waals surface area contributed by atoms with E-state index in [4.69, 9.17) is 11.6 Å². The highest BCUT2D eigenvalue weighted by atomic mass is 35.5. The van der Waals surface area contributed by atoms with E-state index in [9.17, 15) is 9.50 Å². The van der Waals surface area contributed by atoms with Crippen molar-refractivity contribution in [2.45, 2.75) is 52.2 Å². The number of aliphatic hydroxyl groups is 1. The highest BCUT2D eigenvalue weighted by Crippen LogP contribution is 2.28. The fourth-order valence-electron chi connectivity index (χ4n) is 2.75. The zero-order valence-electron chi connectivity index (χ0n) is 12.8. The molecule has 0 saturated heterocycles. The van der Waals surface area contributed by atoms with Gasteiger partial charge in [0.1, 0.15) is 5.82 Å². The highest BCUT2D eigenvalue weighted by Gasteiger charge is 2.36. The molecule has 4 heteroatoms. The number of rotatable bonds is 7. The van der Waals surface area contributed by atoms with E-state index in [-0.39, 0.29) is 17.0 Å². The molecule has 114 valence electrons. The summed E-state index contributed by atoms with van der Waals surface area (Å²) in [4.78, 5) is 2.22. The van der Waals surface area contributed by atoms with Crippen molar-refractivity contribution in [1.82, 2.24) is 4.90 Å². The number of hydrogen-bond acceptors (Lipinski definition) is 2. The molecule has 0 aliphatic heterocycles. The topological polar surface area (TPSA) is 23.5 Å². The largest absolute Gasteiger partial charge is 0.391 e. The zero-order valence-corrected chi connectivity index (χ0v) is 13.5. The second kappa shape index (κ2) is 7.39. The van der Waals surface area contributed by atoms with Crippen LogP contribution in [0.4, 0.5) is 4.39 Å². The molecule has 0 aliphatic carbocycles. The Labute approximate surface area is 126 Å². The molecule has 0 spiro atoms. The molecular weight excluding hydrogens is 277 g/mol. The number of halogens is 2. The number of nitrogens with zero attached hydrogens (tertiary/aromatic N) is 1. The predicted molar refractivity (Wildman–Crippen MR) is 82.7 cm³/mol. The number of benzene rings is 1. The van der Waals surface area contributed by atoms with Crippen LogP contribution in [-0.4, -0.2) is 34.7 Å². The van der Waals surface area contributed by atoms with Crippen molar-refractivity contribution in [3.8, 4) is 0 Å². The maximum absolute atomic E-state index is 14.0.